The molecule has 0 saturated heterocycles. The summed E-state index contributed by atoms with van der Waals surface area (Å²) < 4.78 is 1.55. The van der Waals surface area contributed by atoms with Gasteiger partial charge in [-0.1, -0.05) is 40.9 Å². The molecule has 1 heterocycles. The summed E-state index contributed by atoms with van der Waals surface area (Å²) in [6.45, 7) is 0.286. The van der Waals surface area contributed by atoms with Crippen LogP contribution >= 0.6 is 34.8 Å². The van der Waals surface area contributed by atoms with E-state index in [1.807, 2.05) is 0 Å². The molecule has 1 aromatic heterocycles. The van der Waals surface area contributed by atoms with Crippen molar-refractivity contribution < 1.29 is 5.11 Å². The van der Waals surface area contributed by atoms with E-state index in [-0.39, 0.29) is 6.54 Å². The number of hydrogen-bond donors (Lipinski definition) is 1. The Morgan fingerprint density at radius 3 is 2.59 bits per heavy atom. The number of aliphatic hydroxyl groups is 1. The smallest absolute Gasteiger partial charge is 0.1000 e. The largest absolute Gasteiger partial charge is 0.386 e. The molecule has 0 aliphatic carbocycles. The topological polar surface area (TPSA) is 38.0 Å². The molecule has 0 amide bonds. The predicted octanol–water partition coefficient (Wildman–Crippen LogP) is 3.58. The number of aromatic nitrogens is 2. The lowest BCUT2D eigenvalue weighted by Crippen LogP contribution is -2.09. The Hall–Kier alpha value is -0.740. The lowest BCUT2D eigenvalue weighted by Gasteiger charge is -2.12. The molecule has 0 spiro atoms. The van der Waals surface area contributed by atoms with E-state index in [0.717, 1.165) is 0 Å². The van der Waals surface area contributed by atoms with Gasteiger partial charge in [0, 0.05) is 21.8 Å². The highest BCUT2D eigenvalue weighted by molar-refractivity contribution is 6.35. The molecule has 90 valence electrons. The van der Waals surface area contributed by atoms with Crippen LogP contribution in [0.25, 0.3) is 0 Å². The van der Waals surface area contributed by atoms with E-state index in [1.54, 1.807) is 29.1 Å². The second kappa shape index (κ2) is 5.27. The van der Waals surface area contributed by atoms with E-state index >= 15 is 0 Å². The van der Waals surface area contributed by atoms with E-state index < -0.39 is 6.10 Å². The maximum Gasteiger partial charge on any atom is 0.1000 e. The first-order chi connectivity index (χ1) is 8.06. The molecule has 0 bridgehead atoms. The molecule has 0 saturated carbocycles. The molecular formula is C11H9Cl3N2O. The zero-order valence-corrected chi connectivity index (χ0v) is 10.9. The molecule has 1 N–H and O–H groups in total. The van der Waals surface area contributed by atoms with Crippen molar-refractivity contribution in [3.8, 4) is 0 Å². The second-order valence-electron chi connectivity index (χ2n) is 3.56. The van der Waals surface area contributed by atoms with Crippen molar-refractivity contribution >= 4 is 34.8 Å². The number of nitrogens with zero attached hydrogens (tertiary/aromatic N) is 2. The lowest BCUT2D eigenvalue weighted by molar-refractivity contribution is 0.151. The fraction of sp³-hybridized carbons (Fsp3) is 0.182. The molecule has 6 heteroatoms. The Kier molecular flexibility index (Phi) is 3.94. The summed E-state index contributed by atoms with van der Waals surface area (Å²) in [6, 6.07) is 4.97. The number of aliphatic hydroxyl groups excluding tert-OH is 1. The molecule has 0 aliphatic heterocycles. The van der Waals surface area contributed by atoms with Crippen LogP contribution in [0.5, 0.6) is 0 Å². The normalized spacial score (nSPS) is 12.7. The van der Waals surface area contributed by atoms with Crippen LogP contribution in [0.2, 0.25) is 15.1 Å². The standard InChI is InChI=1S/C11H9Cl3N2O/c12-7-1-2-9(10(14)3-7)11(17)6-16-5-8(13)4-15-16/h1-5,11,17H,6H2. The van der Waals surface area contributed by atoms with Crippen molar-refractivity contribution in [1.82, 2.24) is 9.78 Å². The molecule has 2 rings (SSSR count). The first kappa shape index (κ1) is 12.7. The number of benzene rings is 1. The minimum absolute atomic E-state index is 0.286. The average molecular weight is 292 g/mol. The van der Waals surface area contributed by atoms with Crippen molar-refractivity contribution in [2.24, 2.45) is 0 Å². The molecule has 0 radical (unpaired) electrons. The van der Waals surface area contributed by atoms with Gasteiger partial charge in [0.2, 0.25) is 0 Å². The molecule has 1 aromatic carbocycles. The Bertz CT molecular complexity index is 527. The van der Waals surface area contributed by atoms with E-state index in [2.05, 4.69) is 5.10 Å². The van der Waals surface area contributed by atoms with Crippen LogP contribution < -0.4 is 0 Å². The van der Waals surface area contributed by atoms with Gasteiger partial charge in [-0.2, -0.15) is 5.10 Å². The monoisotopic (exact) mass is 290 g/mol. The highest BCUT2D eigenvalue weighted by Gasteiger charge is 2.13. The van der Waals surface area contributed by atoms with E-state index in [4.69, 9.17) is 34.8 Å². The van der Waals surface area contributed by atoms with Crippen LogP contribution in [-0.2, 0) is 6.54 Å². The van der Waals surface area contributed by atoms with Crippen LogP contribution in [0, 0.1) is 0 Å². The summed E-state index contributed by atoms with van der Waals surface area (Å²) in [4.78, 5) is 0. The maximum atomic E-state index is 10.0. The Morgan fingerprint density at radius 1 is 1.24 bits per heavy atom. The highest BCUT2D eigenvalue weighted by Crippen LogP contribution is 2.27. The van der Waals surface area contributed by atoms with Gasteiger partial charge in [0.05, 0.1) is 23.9 Å². The average Bonchev–Trinajstić information content (AvgIpc) is 2.63. The van der Waals surface area contributed by atoms with Crippen LogP contribution in [0.15, 0.2) is 30.6 Å². The van der Waals surface area contributed by atoms with Gasteiger partial charge < -0.3 is 5.11 Å². The number of hydrogen-bond acceptors (Lipinski definition) is 2. The molecule has 1 atom stereocenters. The molecule has 3 nitrogen and oxygen atoms in total. The molecule has 2 aromatic rings. The third-order valence-electron chi connectivity index (χ3n) is 2.28. The van der Waals surface area contributed by atoms with Gasteiger partial charge in [-0.15, -0.1) is 0 Å². The second-order valence-corrected chi connectivity index (χ2v) is 4.84. The van der Waals surface area contributed by atoms with Crippen LogP contribution in [0.1, 0.15) is 11.7 Å². The fourth-order valence-corrected chi connectivity index (χ4v) is 2.18. The van der Waals surface area contributed by atoms with Crippen molar-refractivity contribution in [2.45, 2.75) is 12.6 Å². The van der Waals surface area contributed by atoms with E-state index in [0.29, 0.717) is 20.6 Å². The Labute approximate surface area is 114 Å². The first-order valence-electron chi connectivity index (χ1n) is 4.87. The van der Waals surface area contributed by atoms with Crippen molar-refractivity contribution in [2.75, 3.05) is 0 Å². The fourth-order valence-electron chi connectivity index (χ4n) is 1.49. The van der Waals surface area contributed by atoms with Gasteiger partial charge in [-0.3, -0.25) is 4.68 Å². The predicted molar refractivity (Wildman–Crippen MR) is 68.7 cm³/mol. The summed E-state index contributed by atoms with van der Waals surface area (Å²) in [6.07, 6.45) is 2.39. The zero-order chi connectivity index (χ0) is 12.4. The van der Waals surface area contributed by atoms with E-state index in [9.17, 15) is 5.11 Å². The summed E-state index contributed by atoms with van der Waals surface area (Å²) in [7, 11) is 0. The van der Waals surface area contributed by atoms with Crippen LogP contribution in [-0.4, -0.2) is 14.9 Å². The number of halogens is 3. The Balaban J connectivity index is 2.17. The van der Waals surface area contributed by atoms with Crippen LogP contribution in [0.3, 0.4) is 0 Å². The SMILES string of the molecule is OC(Cn1cc(Cl)cn1)c1ccc(Cl)cc1Cl. The molecule has 1 unspecified atom stereocenters. The summed E-state index contributed by atoms with van der Waals surface area (Å²) in [5.41, 5.74) is 0.614. The molecular weight excluding hydrogens is 282 g/mol. The van der Waals surface area contributed by atoms with Gasteiger partial charge in [-0.25, -0.2) is 0 Å². The highest BCUT2D eigenvalue weighted by atomic mass is 35.5. The van der Waals surface area contributed by atoms with Gasteiger partial charge in [0.15, 0.2) is 0 Å². The van der Waals surface area contributed by atoms with Crippen molar-refractivity contribution in [3.63, 3.8) is 0 Å². The zero-order valence-electron chi connectivity index (χ0n) is 8.65. The molecule has 0 fully saturated rings. The third kappa shape index (κ3) is 3.13. The molecule has 17 heavy (non-hydrogen) atoms. The third-order valence-corrected chi connectivity index (χ3v) is 3.04. The van der Waals surface area contributed by atoms with Gasteiger partial charge in [0.1, 0.15) is 0 Å². The lowest BCUT2D eigenvalue weighted by atomic mass is 10.1. The van der Waals surface area contributed by atoms with Crippen LogP contribution in [0.4, 0.5) is 0 Å². The summed E-state index contributed by atoms with van der Waals surface area (Å²) in [5.74, 6) is 0. The minimum atomic E-state index is -0.754. The van der Waals surface area contributed by atoms with E-state index in [1.165, 1.54) is 6.20 Å². The molecule has 0 aliphatic rings. The van der Waals surface area contributed by atoms with Gasteiger partial charge >= 0.3 is 0 Å². The maximum absolute atomic E-state index is 10.0. The van der Waals surface area contributed by atoms with Gasteiger partial charge in [-0.05, 0) is 12.1 Å². The minimum Gasteiger partial charge on any atom is -0.386 e. The quantitative estimate of drug-likeness (QED) is 0.938. The van der Waals surface area contributed by atoms with Crippen molar-refractivity contribution in [3.05, 3.63) is 51.2 Å². The summed E-state index contributed by atoms with van der Waals surface area (Å²) in [5, 5.41) is 15.5. The number of rotatable bonds is 3. The van der Waals surface area contributed by atoms with Gasteiger partial charge in [0.25, 0.3) is 0 Å². The summed E-state index contributed by atoms with van der Waals surface area (Å²) >= 11 is 17.5. The van der Waals surface area contributed by atoms with Crippen molar-refractivity contribution in [1.29, 1.82) is 0 Å². The Morgan fingerprint density at radius 2 is 2.00 bits per heavy atom. The first-order valence-corrected chi connectivity index (χ1v) is 6.00.